The van der Waals surface area contributed by atoms with Crippen molar-refractivity contribution in [2.24, 2.45) is 0 Å². The lowest BCUT2D eigenvalue weighted by Crippen LogP contribution is -2.03. The first-order valence-corrected chi connectivity index (χ1v) is 5.00. The number of aromatic amines is 3. The second-order valence-corrected chi connectivity index (χ2v) is 3.61. The van der Waals surface area contributed by atoms with Crippen molar-refractivity contribution in [3.8, 4) is 0 Å². The molecule has 0 spiro atoms. The van der Waals surface area contributed by atoms with Crippen molar-refractivity contribution in [2.45, 2.75) is 0 Å². The van der Waals surface area contributed by atoms with E-state index < -0.39 is 0 Å². The Kier molecular flexibility index (Phi) is 1.94. The minimum absolute atomic E-state index is 0.209. The van der Waals surface area contributed by atoms with Crippen LogP contribution in [0.4, 0.5) is 0 Å². The van der Waals surface area contributed by atoms with Crippen molar-refractivity contribution in [1.29, 1.82) is 0 Å². The second-order valence-electron chi connectivity index (χ2n) is 3.61. The van der Waals surface area contributed by atoms with E-state index in [0.717, 1.165) is 0 Å². The van der Waals surface area contributed by atoms with Crippen molar-refractivity contribution in [3.05, 3.63) is 52.5 Å². The van der Waals surface area contributed by atoms with Gasteiger partial charge in [-0.2, -0.15) is 0 Å². The van der Waals surface area contributed by atoms with Crippen molar-refractivity contribution in [2.75, 3.05) is 0 Å². The van der Waals surface area contributed by atoms with Gasteiger partial charge >= 0.3 is 5.69 Å². The van der Waals surface area contributed by atoms with Crippen LogP contribution in [0.15, 0.2) is 35.4 Å². The molecule has 1 aromatic carbocycles. The minimum atomic E-state index is -0.289. The number of imidazole rings is 2. The van der Waals surface area contributed by atoms with Crippen molar-refractivity contribution < 1.29 is 4.79 Å². The van der Waals surface area contributed by atoms with Crippen LogP contribution in [-0.2, 0) is 0 Å². The van der Waals surface area contributed by atoms with Crippen LogP contribution in [-0.4, -0.2) is 25.7 Å². The molecule has 3 aromatic rings. The molecule has 3 N–H and O–H groups in total. The summed E-state index contributed by atoms with van der Waals surface area (Å²) in [4.78, 5) is 34.9. The van der Waals surface area contributed by atoms with Crippen molar-refractivity contribution in [3.63, 3.8) is 0 Å². The van der Waals surface area contributed by atoms with E-state index in [0.29, 0.717) is 16.6 Å². The van der Waals surface area contributed by atoms with Crippen LogP contribution in [0, 0.1) is 0 Å². The van der Waals surface area contributed by atoms with Gasteiger partial charge in [-0.25, -0.2) is 9.78 Å². The lowest BCUT2D eigenvalue weighted by molar-refractivity contribution is 0.103. The number of hydrogen-bond acceptors (Lipinski definition) is 3. The number of benzene rings is 1. The van der Waals surface area contributed by atoms with Crippen molar-refractivity contribution in [1.82, 2.24) is 19.9 Å². The lowest BCUT2D eigenvalue weighted by Gasteiger charge is -1.97. The third kappa shape index (κ3) is 1.55. The summed E-state index contributed by atoms with van der Waals surface area (Å²) in [5.41, 5.74) is 1.46. The van der Waals surface area contributed by atoms with Gasteiger partial charge in [-0.3, -0.25) is 4.79 Å². The summed E-state index contributed by atoms with van der Waals surface area (Å²) in [6, 6.07) is 4.96. The van der Waals surface area contributed by atoms with Gasteiger partial charge < -0.3 is 15.0 Å². The van der Waals surface area contributed by atoms with Gasteiger partial charge in [0, 0.05) is 18.0 Å². The average Bonchev–Trinajstić information content (AvgIpc) is 2.94. The molecule has 0 amide bonds. The summed E-state index contributed by atoms with van der Waals surface area (Å²) in [5, 5.41) is 0. The van der Waals surface area contributed by atoms with Crippen LogP contribution in [0.2, 0.25) is 0 Å². The molecule has 0 fully saturated rings. The molecule has 2 aromatic heterocycles. The molecule has 84 valence electrons. The molecule has 3 rings (SSSR count). The Morgan fingerprint density at radius 2 is 2.00 bits per heavy atom. The number of carbonyl (C=O) groups is 1. The van der Waals surface area contributed by atoms with Gasteiger partial charge in [0.25, 0.3) is 0 Å². The maximum atomic E-state index is 12.0. The van der Waals surface area contributed by atoms with Gasteiger partial charge in [0.05, 0.1) is 11.0 Å². The highest BCUT2D eigenvalue weighted by molar-refractivity contribution is 6.07. The Morgan fingerprint density at radius 1 is 1.18 bits per heavy atom. The largest absolute Gasteiger partial charge is 0.342 e. The molecule has 0 aliphatic heterocycles. The zero-order valence-corrected chi connectivity index (χ0v) is 8.65. The molecule has 0 saturated carbocycles. The summed E-state index contributed by atoms with van der Waals surface area (Å²) in [5.74, 6) is 0.0705. The van der Waals surface area contributed by atoms with E-state index >= 15 is 0 Å². The summed E-state index contributed by atoms with van der Waals surface area (Å²) in [6.07, 6.45) is 3.11. The molecule has 0 aliphatic carbocycles. The Labute approximate surface area is 94.7 Å². The molecular weight excluding hydrogens is 220 g/mol. The van der Waals surface area contributed by atoms with E-state index in [1.165, 1.54) is 6.20 Å². The summed E-state index contributed by atoms with van der Waals surface area (Å²) < 4.78 is 0. The molecule has 0 atom stereocenters. The number of H-pyrrole nitrogens is 3. The Balaban J connectivity index is 2.12. The Hall–Kier alpha value is -2.63. The molecule has 17 heavy (non-hydrogen) atoms. The fourth-order valence-corrected chi connectivity index (χ4v) is 1.70. The van der Waals surface area contributed by atoms with E-state index in [4.69, 9.17) is 0 Å². The normalized spacial score (nSPS) is 10.8. The zero-order chi connectivity index (χ0) is 11.8. The fourth-order valence-electron chi connectivity index (χ4n) is 1.70. The molecule has 0 saturated heterocycles. The van der Waals surface area contributed by atoms with E-state index in [-0.39, 0.29) is 17.3 Å². The van der Waals surface area contributed by atoms with E-state index in [1.54, 1.807) is 24.4 Å². The maximum Gasteiger partial charge on any atom is 0.323 e. The highest BCUT2D eigenvalue weighted by Crippen LogP contribution is 2.12. The lowest BCUT2D eigenvalue weighted by atomic mass is 10.1. The van der Waals surface area contributed by atoms with Crippen LogP contribution in [0.5, 0.6) is 0 Å². The zero-order valence-electron chi connectivity index (χ0n) is 8.65. The Morgan fingerprint density at radius 3 is 2.76 bits per heavy atom. The van der Waals surface area contributed by atoms with Crippen LogP contribution in [0.25, 0.3) is 11.0 Å². The predicted octanol–water partition coefficient (Wildman–Crippen LogP) is 0.810. The van der Waals surface area contributed by atoms with E-state index in [1.807, 2.05) is 0 Å². The molecule has 0 unspecified atom stereocenters. The number of carbonyl (C=O) groups excluding carboxylic acids is 1. The fraction of sp³-hybridized carbons (Fsp3) is 0. The average molecular weight is 228 g/mol. The molecule has 0 aliphatic rings. The van der Waals surface area contributed by atoms with Gasteiger partial charge in [-0.15, -0.1) is 0 Å². The van der Waals surface area contributed by atoms with Crippen LogP contribution in [0.1, 0.15) is 16.2 Å². The number of nitrogens with zero attached hydrogens (tertiary/aromatic N) is 1. The number of hydrogen-bond donors (Lipinski definition) is 3. The standard InChI is InChI=1S/C11H8N4O2/c16-9(10-12-3-4-13-10)6-1-2-7-8(5-6)15-11(17)14-7/h1-5H,(H,12,13)(H2,14,15,17). The highest BCUT2D eigenvalue weighted by atomic mass is 16.1. The SMILES string of the molecule is O=C(c1ccc2[nH]c(=O)[nH]c2c1)c1ncc[nH]1. The summed E-state index contributed by atoms with van der Waals surface area (Å²) in [7, 11) is 0. The third-order valence-electron chi connectivity index (χ3n) is 2.49. The molecular formula is C11H8N4O2. The van der Waals surface area contributed by atoms with Gasteiger partial charge in [0.1, 0.15) is 0 Å². The monoisotopic (exact) mass is 228 g/mol. The third-order valence-corrected chi connectivity index (χ3v) is 2.49. The molecule has 0 bridgehead atoms. The van der Waals surface area contributed by atoms with Gasteiger partial charge in [0.2, 0.25) is 5.78 Å². The first-order valence-electron chi connectivity index (χ1n) is 5.00. The Bertz CT molecular complexity index is 736. The van der Waals surface area contributed by atoms with Crippen LogP contribution < -0.4 is 5.69 Å². The first kappa shape index (κ1) is 9.59. The van der Waals surface area contributed by atoms with Crippen LogP contribution in [0.3, 0.4) is 0 Å². The number of rotatable bonds is 2. The minimum Gasteiger partial charge on any atom is -0.342 e. The maximum absolute atomic E-state index is 12.0. The van der Waals surface area contributed by atoms with E-state index in [9.17, 15) is 9.59 Å². The smallest absolute Gasteiger partial charge is 0.323 e. The van der Waals surface area contributed by atoms with Crippen LogP contribution >= 0.6 is 0 Å². The highest BCUT2D eigenvalue weighted by Gasteiger charge is 2.12. The number of aromatic nitrogens is 4. The quantitative estimate of drug-likeness (QED) is 0.566. The summed E-state index contributed by atoms with van der Waals surface area (Å²) in [6.45, 7) is 0. The van der Waals surface area contributed by atoms with E-state index in [2.05, 4.69) is 19.9 Å². The summed E-state index contributed by atoms with van der Waals surface area (Å²) >= 11 is 0. The number of fused-ring (bicyclic) bond motifs is 1. The van der Waals surface area contributed by atoms with Gasteiger partial charge in [-0.1, -0.05) is 0 Å². The number of nitrogens with one attached hydrogen (secondary N) is 3. The molecule has 6 heteroatoms. The van der Waals surface area contributed by atoms with Crippen molar-refractivity contribution >= 4 is 16.8 Å². The first-order chi connectivity index (χ1) is 8.24. The molecule has 2 heterocycles. The second kappa shape index (κ2) is 3.44. The topological polar surface area (TPSA) is 94.4 Å². The van der Waals surface area contributed by atoms with Gasteiger partial charge in [0.15, 0.2) is 5.82 Å². The molecule has 0 radical (unpaired) electrons. The molecule has 6 nitrogen and oxygen atoms in total. The van der Waals surface area contributed by atoms with Gasteiger partial charge in [-0.05, 0) is 18.2 Å². The predicted molar refractivity (Wildman–Crippen MR) is 60.9 cm³/mol. The number of ketones is 1.